The molecule has 10 nitrogen and oxygen atoms in total. The lowest BCUT2D eigenvalue weighted by Gasteiger charge is -2.40. The van der Waals surface area contributed by atoms with Crippen molar-refractivity contribution in [1.82, 2.24) is 23.7 Å². The Kier molecular flexibility index (Phi) is 5.71. The zero-order valence-corrected chi connectivity index (χ0v) is 15.5. The number of hydrogen-bond acceptors (Lipinski definition) is 8. The molecule has 0 amide bonds. The fourth-order valence-electron chi connectivity index (χ4n) is 3.24. The van der Waals surface area contributed by atoms with Crippen LogP contribution in [0.25, 0.3) is 0 Å². The Morgan fingerprint density at radius 3 is 2.32 bits per heavy atom. The van der Waals surface area contributed by atoms with Gasteiger partial charge >= 0.3 is 0 Å². The van der Waals surface area contributed by atoms with Crippen LogP contribution in [-0.4, -0.2) is 83.5 Å². The van der Waals surface area contributed by atoms with Crippen molar-refractivity contribution in [3.63, 3.8) is 0 Å². The standard InChI is InChI=1S/C14H26N6O4S/c1-11-8-20(9-12(2)23-11)25(21,22)19-5-3-18(4-6-19)10-13-16-14(7-15)24-17-13/h11-12H,3-10,15H2,1-2H3. The molecule has 2 atom stereocenters. The van der Waals surface area contributed by atoms with E-state index in [2.05, 4.69) is 15.0 Å². The van der Waals surface area contributed by atoms with Crippen LogP contribution in [0.15, 0.2) is 4.52 Å². The highest BCUT2D eigenvalue weighted by atomic mass is 32.2. The normalized spacial score (nSPS) is 27.6. The smallest absolute Gasteiger partial charge is 0.282 e. The summed E-state index contributed by atoms with van der Waals surface area (Å²) >= 11 is 0. The molecule has 0 saturated carbocycles. The summed E-state index contributed by atoms with van der Waals surface area (Å²) in [6, 6.07) is 0. The third kappa shape index (κ3) is 4.36. The molecule has 2 N–H and O–H groups in total. The van der Waals surface area contributed by atoms with Crippen LogP contribution in [0.2, 0.25) is 0 Å². The molecule has 3 heterocycles. The van der Waals surface area contributed by atoms with Crippen LogP contribution in [0, 0.1) is 0 Å². The predicted octanol–water partition coefficient (Wildman–Crippen LogP) is -1.00. The maximum Gasteiger partial charge on any atom is 0.282 e. The van der Waals surface area contributed by atoms with E-state index in [1.54, 1.807) is 4.31 Å². The van der Waals surface area contributed by atoms with Gasteiger partial charge in [0.05, 0.1) is 25.3 Å². The molecule has 0 spiro atoms. The molecule has 0 bridgehead atoms. The van der Waals surface area contributed by atoms with E-state index in [0.29, 0.717) is 57.5 Å². The predicted molar refractivity (Wildman–Crippen MR) is 89.5 cm³/mol. The SMILES string of the molecule is CC1CN(S(=O)(=O)N2CCN(Cc3noc(CN)n3)CC2)CC(C)O1. The lowest BCUT2D eigenvalue weighted by molar-refractivity contribution is -0.0457. The highest BCUT2D eigenvalue weighted by Crippen LogP contribution is 2.19. The minimum absolute atomic E-state index is 0.0882. The number of rotatable bonds is 5. The molecule has 0 aliphatic carbocycles. The Balaban J connectivity index is 1.55. The Labute approximate surface area is 148 Å². The summed E-state index contributed by atoms with van der Waals surface area (Å²) < 4.78 is 39.4. The number of hydrogen-bond donors (Lipinski definition) is 1. The number of ether oxygens (including phenoxy) is 1. The van der Waals surface area contributed by atoms with Gasteiger partial charge in [-0.25, -0.2) is 0 Å². The summed E-state index contributed by atoms with van der Waals surface area (Å²) in [4.78, 5) is 6.30. The monoisotopic (exact) mass is 374 g/mol. The Bertz CT molecular complexity index is 663. The van der Waals surface area contributed by atoms with E-state index < -0.39 is 10.2 Å². The lowest BCUT2D eigenvalue weighted by Crippen LogP contribution is -2.57. The minimum Gasteiger partial charge on any atom is -0.373 e. The summed E-state index contributed by atoms with van der Waals surface area (Å²) in [5, 5.41) is 3.88. The highest BCUT2D eigenvalue weighted by Gasteiger charge is 2.36. The molecule has 25 heavy (non-hydrogen) atoms. The van der Waals surface area contributed by atoms with Gasteiger partial charge in [0, 0.05) is 39.3 Å². The zero-order valence-electron chi connectivity index (χ0n) is 14.7. The van der Waals surface area contributed by atoms with E-state index in [1.165, 1.54) is 4.31 Å². The molecule has 2 unspecified atom stereocenters. The number of aromatic nitrogens is 2. The van der Waals surface area contributed by atoms with Crippen LogP contribution < -0.4 is 5.73 Å². The molecule has 2 saturated heterocycles. The van der Waals surface area contributed by atoms with Crippen molar-refractivity contribution in [2.24, 2.45) is 5.73 Å². The van der Waals surface area contributed by atoms with Crippen molar-refractivity contribution in [2.45, 2.75) is 39.1 Å². The summed E-state index contributed by atoms with van der Waals surface area (Å²) in [7, 11) is -3.45. The molecule has 1 aromatic heterocycles. The Morgan fingerprint density at radius 1 is 1.12 bits per heavy atom. The van der Waals surface area contributed by atoms with E-state index in [4.69, 9.17) is 15.0 Å². The molecular weight excluding hydrogens is 348 g/mol. The molecule has 2 aliphatic rings. The van der Waals surface area contributed by atoms with Crippen molar-refractivity contribution in [2.75, 3.05) is 39.3 Å². The molecule has 1 aromatic rings. The molecule has 3 rings (SSSR count). The minimum atomic E-state index is -3.45. The van der Waals surface area contributed by atoms with Gasteiger partial charge in [-0.15, -0.1) is 0 Å². The average molecular weight is 374 g/mol. The molecular formula is C14H26N6O4S. The van der Waals surface area contributed by atoms with Crippen LogP contribution >= 0.6 is 0 Å². The topological polar surface area (TPSA) is 118 Å². The maximum absolute atomic E-state index is 12.9. The van der Waals surface area contributed by atoms with Gasteiger partial charge in [0.15, 0.2) is 5.82 Å². The first kappa shape index (κ1) is 18.7. The van der Waals surface area contributed by atoms with Crippen LogP contribution in [0.5, 0.6) is 0 Å². The molecule has 2 fully saturated rings. The second-order valence-electron chi connectivity index (χ2n) is 6.57. The van der Waals surface area contributed by atoms with E-state index >= 15 is 0 Å². The van der Waals surface area contributed by atoms with Gasteiger partial charge in [-0.1, -0.05) is 5.16 Å². The van der Waals surface area contributed by atoms with Gasteiger partial charge in [0.25, 0.3) is 10.2 Å². The molecule has 11 heteroatoms. The lowest BCUT2D eigenvalue weighted by atomic mass is 10.3. The van der Waals surface area contributed by atoms with Crippen LogP contribution in [0.4, 0.5) is 0 Å². The van der Waals surface area contributed by atoms with Crippen molar-refractivity contribution < 1.29 is 17.7 Å². The van der Waals surface area contributed by atoms with Gasteiger partial charge in [0.2, 0.25) is 5.89 Å². The van der Waals surface area contributed by atoms with E-state index in [1.807, 2.05) is 13.8 Å². The maximum atomic E-state index is 12.9. The van der Waals surface area contributed by atoms with Gasteiger partial charge in [-0.2, -0.15) is 22.0 Å². The summed E-state index contributed by atoms with van der Waals surface area (Å²) in [5.74, 6) is 0.986. The van der Waals surface area contributed by atoms with Crippen LogP contribution in [0.1, 0.15) is 25.6 Å². The fraction of sp³-hybridized carbons (Fsp3) is 0.857. The second kappa shape index (κ2) is 7.64. The first-order valence-electron chi connectivity index (χ1n) is 8.53. The first-order chi connectivity index (χ1) is 11.9. The van der Waals surface area contributed by atoms with Crippen molar-refractivity contribution >= 4 is 10.2 Å². The summed E-state index contributed by atoms with van der Waals surface area (Å²) in [5.41, 5.74) is 5.46. The molecule has 0 radical (unpaired) electrons. The third-order valence-electron chi connectivity index (χ3n) is 4.42. The number of morpholine rings is 1. The Hall–Kier alpha value is -1.11. The van der Waals surface area contributed by atoms with Crippen LogP contribution in [-0.2, 0) is 28.0 Å². The van der Waals surface area contributed by atoms with E-state index in [-0.39, 0.29) is 18.8 Å². The molecule has 2 aliphatic heterocycles. The quantitative estimate of drug-likeness (QED) is 0.697. The summed E-state index contributed by atoms with van der Waals surface area (Å²) in [6.07, 6.45) is -0.176. The van der Waals surface area contributed by atoms with E-state index in [0.717, 1.165) is 0 Å². The van der Waals surface area contributed by atoms with Crippen molar-refractivity contribution in [1.29, 1.82) is 0 Å². The van der Waals surface area contributed by atoms with E-state index in [9.17, 15) is 8.42 Å². The molecule has 142 valence electrons. The van der Waals surface area contributed by atoms with Crippen molar-refractivity contribution in [3.8, 4) is 0 Å². The Morgan fingerprint density at radius 2 is 1.76 bits per heavy atom. The van der Waals surface area contributed by atoms with Gasteiger partial charge < -0.3 is 15.0 Å². The largest absolute Gasteiger partial charge is 0.373 e. The summed E-state index contributed by atoms with van der Waals surface area (Å²) in [6.45, 7) is 7.50. The highest BCUT2D eigenvalue weighted by molar-refractivity contribution is 7.86. The third-order valence-corrected chi connectivity index (χ3v) is 6.39. The van der Waals surface area contributed by atoms with Crippen molar-refractivity contribution in [3.05, 3.63) is 11.7 Å². The number of nitrogens with two attached hydrogens (primary N) is 1. The fourth-order valence-corrected chi connectivity index (χ4v) is 4.99. The van der Waals surface area contributed by atoms with Gasteiger partial charge in [-0.3, -0.25) is 4.90 Å². The zero-order chi connectivity index (χ0) is 18.0. The number of piperazine rings is 1. The first-order valence-corrected chi connectivity index (χ1v) is 9.92. The number of nitrogens with zero attached hydrogens (tertiary/aromatic N) is 5. The van der Waals surface area contributed by atoms with Gasteiger partial charge in [0.1, 0.15) is 0 Å². The second-order valence-corrected chi connectivity index (χ2v) is 8.49. The molecule has 0 aromatic carbocycles. The average Bonchev–Trinajstić information content (AvgIpc) is 3.02. The van der Waals surface area contributed by atoms with Crippen LogP contribution in [0.3, 0.4) is 0 Å². The van der Waals surface area contributed by atoms with Gasteiger partial charge in [-0.05, 0) is 13.8 Å².